The second-order valence-electron chi connectivity index (χ2n) is 11.5. The van der Waals surface area contributed by atoms with E-state index in [-0.39, 0.29) is 10.8 Å². The zero-order valence-electron chi connectivity index (χ0n) is 22.3. The lowest BCUT2D eigenvalue weighted by molar-refractivity contribution is 0.299. The van der Waals surface area contributed by atoms with Crippen LogP contribution in [0.3, 0.4) is 0 Å². The maximum absolute atomic E-state index is 5.21. The van der Waals surface area contributed by atoms with Gasteiger partial charge in [-0.1, -0.05) is 119 Å². The third-order valence-corrected chi connectivity index (χ3v) is 9.03. The summed E-state index contributed by atoms with van der Waals surface area (Å²) in [4.78, 5) is 10.3. The molecule has 0 bridgehead atoms. The number of hydrogen-bond donors (Lipinski definition) is 0. The molecule has 6 aromatic rings. The molecule has 7 rings (SSSR count). The Bertz CT molecular complexity index is 1880. The first-order chi connectivity index (χ1) is 18.3. The number of rotatable bonds is 2. The number of nitrogens with zero attached hydrogens (tertiary/aromatic N) is 2. The SMILES string of the molecule is CC1(C)c2ccccc2-c2cc(-c3nc(-c4ccc5ccccc5c4)c4ccccc4n3)ccc2C1(C)C. The largest absolute Gasteiger partial charge is 0.228 e. The Labute approximate surface area is 224 Å². The maximum atomic E-state index is 5.21. The van der Waals surface area contributed by atoms with Crippen LogP contribution in [0.15, 0.2) is 109 Å². The van der Waals surface area contributed by atoms with E-state index in [4.69, 9.17) is 9.97 Å². The third-order valence-electron chi connectivity index (χ3n) is 9.03. The van der Waals surface area contributed by atoms with Gasteiger partial charge >= 0.3 is 0 Å². The van der Waals surface area contributed by atoms with Crippen LogP contribution in [0.1, 0.15) is 38.8 Å². The summed E-state index contributed by atoms with van der Waals surface area (Å²) in [5.41, 5.74) is 9.44. The van der Waals surface area contributed by atoms with E-state index in [0.29, 0.717) is 0 Å². The molecule has 184 valence electrons. The molecule has 1 aromatic heterocycles. The molecule has 2 nitrogen and oxygen atoms in total. The Hall–Kier alpha value is -4.30. The van der Waals surface area contributed by atoms with E-state index in [9.17, 15) is 0 Å². The van der Waals surface area contributed by atoms with E-state index in [1.54, 1.807) is 0 Å². The highest BCUT2D eigenvalue weighted by atomic mass is 14.9. The Morgan fingerprint density at radius 1 is 0.500 bits per heavy atom. The van der Waals surface area contributed by atoms with Crippen LogP contribution in [0.2, 0.25) is 0 Å². The van der Waals surface area contributed by atoms with Crippen molar-refractivity contribution in [1.82, 2.24) is 9.97 Å². The van der Waals surface area contributed by atoms with Crippen molar-refractivity contribution in [3.63, 3.8) is 0 Å². The van der Waals surface area contributed by atoms with Gasteiger partial charge in [0.1, 0.15) is 0 Å². The molecule has 0 saturated heterocycles. The molecule has 1 aliphatic carbocycles. The summed E-state index contributed by atoms with van der Waals surface area (Å²) in [7, 11) is 0. The molecule has 0 spiro atoms. The molecule has 0 unspecified atom stereocenters. The fourth-order valence-electron chi connectivity index (χ4n) is 6.15. The molecule has 0 N–H and O–H groups in total. The van der Waals surface area contributed by atoms with Crippen molar-refractivity contribution in [1.29, 1.82) is 0 Å². The third kappa shape index (κ3) is 3.26. The summed E-state index contributed by atoms with van der Waals surface area (Å²) in [6.07, 6.45) is 0. The van der Waals surface area contributed by atoms with Gasteiger partial charge in [-0.2, -0.15) is 0 Å². The van der Waals surface area contributed by atoms with Crippen molar-refractivity contribution in [2.45, 2.75) is 38.5 Å². The molecule has 0 fully saturated rings. The van der Waals surface area contributed by atoms with Gasteiger partial charge in [-0.15, -0.1) is 0 Å². The van der Waals surface area contributed by atoms with Gasteiger partial charge in [0, 0.05) is 16.5 Å². The van der Waals surface area contributed by atoms with Crippen LogP contribution < -0.4 is 0 Å². The molecule has 1 aliphatic rings. The number of benzene rings is 5. The van der Waals surface area contributed by atoms with Gasteiger partial charge in [-0.05, 0) is 62.1 Å². The summed E-state index contributed by atoms with van der Waals surface area (Å²) in [5, 5.41) is 3.51. The summed E-state index contributed by atoms with van der Waals surface area (Å²) in [6.45, 7) is 9.47. The highest BCUT2D eigenvalue weighted by Gasteiger charge is 2.45. The Kier molecular flexibility index (Phi) is 4.87. The van der Waals surface area contributed by atoms with Crippen LogP contribution in [-0.4, -0.2) is 9.97 Å². The number of aromatic nitrogens is 2. The minimum Gasteiger partial charge on any atom is -0.228 e. The topological polar surface area (TPSA) is 25.8 Å². The minimum atomic E-state index is -0.0181. The molecule has 0 atom stereocenters. The second-order valence-corrected chi connectivity index (χ2v) is 11.5. The Morgan fingerprint density at radius 3 is 2.00 bits per heavy atom. The molecule has 2 heteroatoms. The van der Waals surface area contributed by atoms with E-state index in [1.807, 2.05) is 0 Å². The zero-order chi connectivity index (χ0) is 26.1. The first-order valence-electron chi connectivity index (χ1n) is 13.4. The lowest BCUT2D eigenvalue weighted by Crippen LogP contribution is -2.43. The fraction of sp³-hybridized carbons (Fsp3) is 0.167. The molecule has 0 aliphatic heterocycles. The smallest absolute Gasteiger partial charge is 0.160 e. The number of hydrogen-bond acceptors (Lipinski definition) is 2. The van der Waals surface area contributed by atoms with Gasteiger partial charge in [0.2, 0.25) is 0 Å². The summed E-state index contributed by atoms with van der Waals surface area (Å²) < 4.78 is 0. The molecule has 38 heavy (non-hydrogen) atoms. The molecule has 5 aromatic carbocycles. The monoisotopic (exact) mass is 490 g/mol. The van der Waals surface area contributed by atoms with Crippen LogP contribution >= 0.6 is 0 Å². The summed E-state index contributed by atoms with van der Waals surface area (Å²) >= 11 is 0. The van der Waals surface area contributed by atoms with Crippen molar-refractivity contribution in [2.24, 2.45) is 0 Å². The van der Waals surface area contributed by atoms with Crippen molar-refractivity contribution in [3.8, 4) is 33.8 Å². The average molecular weight is 491 g/mol. The molecule has 0 radical (unpaired) electrons. The van der Waals surface area contributed by atoms with Crippen LogP contribution in [0.25, 0.3) is 55.4 Å². The first kappa shape index (κ1) is 22.9. The molecule has 1 heterocycles. The van der Waals surface area contributed by atoms with E-state index in [2.05, 4.69) is 137 Å². The lowest BCUT2D eigenvalue weighted by Gasteiger charge is -2.48. The van der Waals surface area contributed by atoms with E-state index in [0.717, 1.165) is 33.5 Å². The Morgan fingerprint density at radius 2 is 1.16 bits per heavy atom. The van der Waals surface area contributed by atoms with Crippen molar-refractivity contribution in [2.75, 3.05) is 0 Å². The van der Waals surface area contributed by atoms with Gasteiger partial charge in [-0.3, -0.25) is 0 Å². The van der Waals surface area contributed by atoms with Gasteiger partial charge in [0.25, 0.3) is 0 Å². The first-order valence-corrected chi connectivity index (χ1v) is 13.4. The molecule has 0 saturated carbocycles. The van der Waals surface area contributed by atoms with Crippen LogP contribution in [-0.2, 0) is 10.8 Å². The normalized spacial score (nSPS) is 15.3. The highest BCUT2D eigenvalue weighted by Crippen LogP contribution is 2.54. The summed E-state index contributed by atoms with van der Waals surface area (Å²) in [5.74, 6) is 0.759. The quantitative estimate of drug-likeness (QED) is 0.242. The molecule has 0 amide bonds. The van der Waals surface area contributed by atoms with Gasteiger partial charge in [0.15, 0.2) is 5.82 Å². The second kappa shape index (κ2) is 8.10. The van der Waals surface area contributed by atoms with E-state index < -0.39 is 0 Å². The predicted octanol–water partition coefficient (Wildman–Crippen LogP) is 9.35. The van der Waals surface area contributed by atoms with Crippen LogP contribution in [0.5, 0.6) is 0 Å². The van der Waals surface area contributed by atoms with Crippen molar-refractivity contribution in [3.05, 3.63) is 120 Å². The van der Waals surface area contributed by atoms with Crippen molar-refractivity contribution >= 4 is 21.7 Å². The van der Waals surface area contributed by atoms with Gasteiger partial charge in [0.05, 0.1) is 11.2 Å². The Balaban J connectivity index is 1.45. The molecular weight excluding hydrogens is 460 g/mol. The van der Waals surface area contributed by atoms with Gasteiger partial charge in [-0.25, -0.2) is 9.97 Å². The van der Waals surface area contributed by atoms with Crippen molar-refractivity contribution < 1.29 is 0 Å². The van der Waals surface area contributed by atoms with E-state index >= 15 is 0 Å². The number of para-hydroxylation sites is 1. The summed E-state index contributed by atoms with van der Waals surface area (Å²) in [6, 6.07) is 39.1. The molecular formula is C36H30N2. The zero-order valence-corrected chi connectivity index (χ0v) is 22.3. The van der Waals surface area contributed by atoms with Crippen LogP contribution in [0.4, 0.5) is 0 Å². The minimum absolute atomic E-state index is 0.0147. The predicted molar refractivity (Wildman–Crippen MR) is 159 cm³/mol. The van der Waals surface area contributed by atoms with Gasteiger partial charge < -0.3 is 0 Å². The average Bonchev–Trinajstić information content (AvgIpc) is 2.95. The standard InChI is InChI=1S/C36H30N2/c1-35(2)30-15-9-7-13-27(30)29-22-26(19-20-31(29)36(35,3)4)34-37-32-16-10-8-14-28(32)33(38-34)25-18-17-23-11-5-6-12-24(23)21-25/h5-22H,1-4H3. The van der Waals surface area contributed by atoms with E-state index in [1.165, 1.54) is 33.0 Å². The maximum Gasteiger partial charge on any atom is 0.160 e. The fourth-order valence-corrected chi connectivity index (χ4v) is 6.15. The number of fused-ring (bicyclic) bond motifs is 5. The lowest BCUT2D eigenvalue weighted by atomic mass is 9.55. The highest BCUT2D eigenvalue weighted by molar-refractivity contribution is 5.96. The van der Waals surface area contributed by atoms with Crippen LogP contribution in [0, 0.1) is 0 Å².